The number of ether oxygens (including phenoxy) is 2. The van der Waals surface area contributed by atoms with E-state index in [4.69, 9.17) is 4.74 Å². The number of benzene rings is 2. The van der Waals surface area contributed by atoms with Crippen molar-refractivity contribution in [2.24, 2.45) is 0 Å². The lowest BCUT2D eigenvalue weighted by Crippen LogP contribution is -2.21. The lowest BCUT2D eigenvalue weighted by Gasteiger charge is -2.07. The molecule has 0 aromatic heterocycles. The van der Waals surface area contributed by atoms with Gasteiger partial charge in [0.15, 0.2) is 6.61 Å². The highest BCUT2D eigenvalue weighted by molar-refractivity contribution is 5.97. The summed E-state index contributed by atoms with van der Waals surface area (Å²) in [7, 11) is 1.20. The number of rotatable bonds is 5. The topological polar surface area (TPSA) is 81.7 Å². The third kappa shape index (κ3) is 5.10. The zero-order valence-corrected chi connectivity index (χ0v) is 13.0. The van der Waals surface area contributed by atoms with Crippen LogP contribution in [0.1, 0.15) is 20.7 Å². The van der Waals surface area contributed by atoms with Gasteiger partial charge in [-0.1, -0.05) is 6.07 Å². The molecule has 0 unspecified atom stereocenters. The summed E-state index contributed by atoms with van der Waals surface area (Å²) >= 11 is 0. The maximum Gasteiger partial charge on any atom is 0.338 e. The fraction of sp³-hybridized carbons (Fsp3) is 0.118. The summed E-state index contributed by atoms with van der Waals surface area (Å²) in [6.07, 6.45) is 0. The summed E-state index contributed by atoms with van der Waals surface area (Å²) in [6, 6.07) is 8.06. The number of esters is 2. The van der Waals surface area contributed by atoms with Crippen molar-refractivity contribution >= 4 is 23.5 Å². The van der Waals surface area contributed by atoms with E-state index in [-0.39, 0.29) is 16.8 Å². The van der Waals surface area contributed by atoms with E-state index in [0.29, 0.717) is 6.07 Å². The third-order valence-corrected chi connectivity index (χ3v) is 3.00. The molecule has 0 fully saturated rings. The Morgan fingerprint density at radius 3 is 2.16 bits per heavy atom. The molecule has 0 saturated carbocycles. The van der Waals surface area contributed by atoms with E-state index in [2.05, 4.69) is 10.1 Å². The Kier molecular flexibility index (Phi) is 5.78. The number of amides is 1. The number of hydrogen-bond acceptors (Lipinski definition) is 5. The van der Waals surface area contributed by atoms with Gasteiger partial charge in [0.05, 0.1) is 18.2 Å². The second kappa shape index (κ2) is 8.00. The van der Waals surface area contributed by atoms with Crippen LogP contribution < -0.4 is 5.32 Å². The van der Waals surface area contributed by atoms with Crippen LogP contribution >= 0.6 is 0 Å². The number of carbonyl (C=O) groups is 3. The zero-order chi connectivity index (χ0) is 18.4. The average molecular weight is 349 g/mol. The van der Waals surface area contributed by atoms with Crippen molar-refractivity contribution in [3.63, 3.8) is 0 Å². The molecule has 0 saturated heterocycles. The summed E-state index contributed by atoms with van der Waals surface area (Å²) in [4.78, 5) is 35.0. The highest BCUT2D eigenvalue weighted by Gasteiger charge is 2.14. The van der Waals surface area contributed by atoms with Crippen LogP contribution in [0.5, 0.6) is 0 Å². The maximum atomic E-state index is 13.0. The molecule has 2 rings (SSSR count). The maximum absolute atomic E-state index is 13.0. The minimum Gasteiger partial charge on any atom is -0.465 e. The fourth-order valence-electron chi connectivity index (χ4n) is 1.93. The van der Waals surface area contributed by atoms with E-state index in [1.165, 1.54) is 31.4 Å². The number of anilines is 1. The molecule has 0 atom stereocenters. The van der Waals surface area contributed by atoms with Gasteiger partial charge in [-0.15, -0.1) is 0 Å². The summed E-state index contributed by atoms with van der Waals surface area (Å²) < 4.78 is 35.4. The molecular formula is C17H13F2NO5. The van der Waals surface area contributed by atoms with E-state index in [9.17, 15) is 23.2 Å². The van der Waals surface area contributed by atoms with E-state index < -0.39 is 36.1 Å². The minimum atomic E-state index is -0.855. The number of nitrogens with one attached hydrogen (secondary N) is 1. The number of halogens is 2. The van der Waals surface area contributed by atoms with Gasteiger partial charge in [0.2, 0.25) is 0 Å². The van der Waals surface area contributed by atoms with Gasteiger partial charge in [0.25, 0.3) is 5.91 Å². The van der Waals surface area contributed by atoms with Crippen molar-refractivity contribution < 1.29 is 32.6 Å². The smallest absolute Gasteiger partial charge is 0.338 e. The lowest BCUT2D eigenvalue weighted by molar-refractivity contribution is -0.119. The molecule has 2 aromatic carbocycles. The van der Waals surface area contributed by atoms with E-state index in [1.54, 1.807) is 0 Å². The molecule has 0 aliphatic rings. The molecule has 8 heteroatoms. The number of carbonyl (C=O) groups excluding carboxylic acids is 3. The predicted molar refractivity (Wildman–Crippen MR) is 83.1 cm³/mol. The first-order chi connectivity index (χ1) is 11.9. The third-order valence-electron chi connectivity index (χ3n) is 3.00. The molecule has 1 amide bonds. The van der Waals surface area contributed by atoms with Gasteiger partial charge < -0.3 is 14.8 Å². The minimum absolute atomic E-state index is 0.0486. The Morgan fingerprint density at radius 1 is 0.960 bits per heavy atom. The standard InChI is InChI=1S/C17H13F2NO5/c1-24-16(22)10-3-2-4-11(5-10)17(23)25-9-15(21)20-14-7-12(18)6-13(19)8-14/h2-8H,9H2,1H3,(H,20,21). The molecule has 0 heterocycles. The Balaban J connectivity index is 1.95. The lowest BCUT2D eigenvalue weighted by atomic mass is 10.1. The molecular weight excluding hydrogens is 336 g/mol. The number of methoxy groups -OCH3 is 1. The highest BCUT2D eigenvalue weighted by Crippen LogP contribution is 2.13. The zero-order valence-electron chi connectivity index (χ0n) is 13.0. The first-order valence-corrected chi connectivity index (χ1v) is 7.00. The fourth-order valence-corrected chi connectivity index (χ4v) is 1.93. The van der Waals surface area contributed by atoms with Crippen LogP contribution in [0.3, 0.4) is 0 Å². The highest BCUT2D eigenvalue weighted by atomic mass is 19.1. The van der Waals surface area contributed by atoms with E-state index in [1.807, 2.05) is 0 Å². The van der Waals surface area contributed by atoms with Gasteiger partial charge in [0, 0.05) is 11.8 Å². The van der Waals surface area contributed by atoms with Crippen LogP contribution in [-0.4, -0.2) is 31.6 Å². The van der Waals surface area contributed by atoms with E-state index in [0.717, 1.165) is 12.1 Å². The van der Waals surface area contributed by atoms with Crippen LogP contribution in [0.4, 0.5) is 14.5 Å². The van der Waals surface area contributed by atoms with Gasteiger partial charge in [0.1, 0.15) is 11.6 Å². The van der Waals surface area contributed by atoms with Crippen LogP contribution in [0.15, 0.2) is 42.5 Å². The molecule has 1 N–H and O–H groups in total. The van der Waals surface area contributed by atoms with Gasteiger partial charge in [-0.05, 0) is 30.3 Å². The van der Waals surface area contributed by atoms with Crippen LogP contribution in [0.2, 0.25) is 0 Å². The Labute approximate surface area is 141 Å². The van der Waals surface area contributed by atoms with E-state index >= 15 is 0 Å². The molecule has 25 heavy (non-hydrogen) atoms. The molecule has 6 nitrogen and oxygen atoms in total. The summed E-state index contributed by atoms with van der Waals surface area (Å²) in [5, 5.41) is 2.20. The van der Waals surface area contributed by atoms with Crippen molar-refractivity contribution in [1.29, 1.82) is 0 Å². The van der Waals surface area contributed by atoms with Crippen molar-refractivity contribution in [1.82, 2.24) is 0 Å². The summed E-state index contributed by atoms with van der Waals surface area (Å²) in [5.41, 5.74) is 0.0929. The van der Waals surface area contributed by atoms with Gasteiger partial charge >= 0.3 is 11.9 Å². The van der Waals surface area contributed by atoms with Crippen molar-refractivity contribution in [2.75, 3.05) is 19.0 Å². The second-order valence-corrected chi connectivity index (χ2v) is 4.85. The SMILES string of the molecule is COC(=O)c1cccc(C(=O)OCC(=O)Nc2cc(F)cc(F)c2)c1. The van der Waals surface area contributed by atoms with Crippen molar-refractivity contribution in [3.8, 4) is 0 Å². The number of hydrogen-bond donors (Lipinski definition) is 1. The average Bonchev–Trinajstić information content (AvgIpc) is 2.58. The molecule has 2 aromatic rings. The Bertz CT molecular complexity index is 802. The van der Waals surface area contributed by atoms with Crippen molar-refractivity contribution in [3.05, 3.63) is 65.2 Å². The molecule has 0 spiro atoms. The molecule has 0 aliphatic carbocycles. The largest absolute Gasteiger partial charge is 0.465 e. The molecule has 0 aliphatic heterocycles. The summed E-state index contributed by atoms with van der Waals surface area (Å²) in [6.45, 7) is -0.667. The predicted octanol–water partition coefficient (Wildman–Crippen LogP) is 2.55. The van der Waals surface area contributed by atoms with Gasteiger partial charge in [-0.25, -0.2) is 18.4 Å². The normalized spacial score (nSPS) is 10.0. The Morgan fingerprint density at radius 2 is 1.56 bits per heavy atom. The summed E-state index contributed by atoms with van der Waals surface area (Å²) in [5.74, 6) is -3.95. The molecule has 0 radical (unpaired) electrons. The van der Waals surface area contributed by atoms with Crippen LogP contribution in [-0.2, 0) is 14.3 Å². The quantitative estimate of drug-likeness (QED) is 0.839. The van der Waals surface area contributed by atoms with Gasteiger partial charge in [-0.2, -0.15) is 0 Å². The van der Waals surface area contributed by atoms with Gasteiger partial charge in [-0.3, -0.25) is 4.79 Å². The first kappa shape index (κ1) is 18.1. The molecule has 130 valence electrons. The monoisotopic (exact) mass is 349 g/mol. The molecule has 0 bridgehead atoms. The van der Waals surface area contributed by atoms with Crippen LogP contribution in [0.25, 0.3) is 0 Å². The second-order valence-electron chi connectivity index (χ2n) is 4.85. The van der Waals surface area contributed by atoms with Crippen LogP contribution in [0, 0.1) is 11.6 Å². The first-order valence-electron chi connectivity index (χ1n) is 7.00. The van der Waals surface area contributed by atoms with Crippen molar-refractivity contribution in [2.45, 2.75) is 0 Å². The Hall–Kier alpha value is -3.29.